The summed E-state index contributed by atoms with van der Waals surface area (Å²) in [6.45, 7) is 4.06. The van der Waals surface area contributed by atoms with Gasteiger partial charge in [0, 0.05) is 16.6 Å². The standard InChI is InChI=1S/C25H23Cl2N3O5S/c1-4-35-19-8-6-14(9-18(19)27)21-16(11-28)24(30-23(32)22(21)25(33)34-3)36-12-20(31)29-15-7-5-13(2)17(26)10-15/h5-10,21-22H,4,12H2,1-3H3,(H,29,31)(H,30,32)/t21-,22+/m1/s1. The van der Waals surface area contributed by atoms with Crippen molar-refractivity contribution >= 4 is 58.4 Å². The largest absolute Gasteiger partial charge is 0.492 e. The van der Waals surface area contributed by atoms with E-state index in [1.54, 1.807) is 36.4 Å². The Morgan fingerprint density at radius 2 is 1.94 bits per heavy atom. The van der Waals surface area contributed by atoms with Gasteiger partial charge in [-0.3, -0.25) is 14.4 Å². The molecule has 2 aromatic rings. The first-order valence-electron chi connectivity index (χ1n) is 10.8. The summed E-state index contributed by atoms with van der Waals surface area (Å²) >= 11 is 13.4. The molecule has 0 saturated heterocycles. The highest BCUT2D eigenvalue weighted by Gasteiger charge is 2.44. The molecule has 8 nitrogen and oxygen atoms in total. The predicted molar refractivity (Wildman–Crippen MR) is 139 cm³/mol. The topological polar surface area (TPSA) is 118 Å². The first-order chi connectivity index (χ1) is 17.2. The highest BCUT2D eigenvalue weighted by molar-refractivity contribution is 8.03. The first-order valence-corrected chi connectivity index (χ1v) is 12.6. The zero-order valence-electron chi connectivity index (χ0n) is 19.7. The number of ether oxygens (including phenoxy) is 2. The number of allylic oxidation sites excluding steroid dienone is 1. The van der Waals surface area contributed by atoms with E-state index in [0.29, 0.717) is 28.6 Å². The minimum absolute atomic E-state index is 0.105. The Labute approximate surface area is 222 Å². The molecular formula is C25H23Cl2N3O5S. The summed E-state index contributed by atoms with van der Waals surface area (Å²) in [6.07, 6.45) is 0. The van der Waals surface area contributed by atoms with E-state index in [4.69, 9.17) is 32.7 Å². The molecule has 0 bridgehead atoms. The average molecular weight is 548 g/mol. The molecule has 36 heavy (non-hydrogen) atoms. The molecule has 0 fully saturated rings. The number of esters is 1. The number of benzene rings is 2. The maximum absolute atomic E-state index is 13.0. The minimum Gasteiger partial charge on any atom is -0.492 e. The molecule has 188 valence electrons. The van der Waals surface area contributed by atoms with Crippen molar-refractivity contribution in [3.05, 3.63) is 68.2 Å². The van der Waals surface area contributed by atoms with E-state index in [0.717, 1.165) is 17.3 Å². The second-order valence-electron chi connectivity index (χ2n) is 7.75. The van der Waals surface area contributed by atoms with Gasteiger partial charge in [-0.25, -0.2) is 0 Å². The van der Waals surface area contributed by atoms with Crippen LogP contribution >= 0.6 is 35.0 Å². The van der Waals surface area contributed by atoms with Crippen molar-refractivity contribution in [1.29, 1.82) is 5.26 Å². The van der Waals surface area contributed by atoms with Gasteiger partial charge in [0.25, 0.3) is 0 Å². The fraction of sp³-hybridized carbons (Fsp3) is 0.280. The zero-order valence-corrected chi connectivity index (χ0v) is 22.0. The van der Waals surface area contributed by atoms with E-state index < -0.39 is 23.7 Å². The number of carbonyl (C=O) groups excluding carboxylic acids is 3. The van der Waals surface area contributed by atoms with E-state index >= 15 is 0 Å². The van der Waals surface area contributed by atoms with E-state index in [9.17, 15) is 19.6 Å². The molecule has 11 heteroatoms. The quantitative estimate of drug-likeness (QED) is 0.359. The fourth-order valence-corrected chi connectivity index (χ4v) is 4.94. The molecule has 0 spiro atoms. The lowest BCUT2D eigenvalue weighted by Crippen LogP contribution is -2.44. The third-order valence-electron chi connectivity index (χ3n) is 5.40. The number of amides is 2. The van der Waals surface area contributed by atoms with Crippen LogP contribution in [0.1, 0.15) is 24.0 Å². The summed E-state index contributed by atoms with van der Waals surface area (Å²) in [6, 6.07) is 12.0. The second-order valence-corrected chi connectivity index (χ2v) is 9.55. The summed E-state index contributed by atoms with van der Waals surface area (Å²) in [5, 5.41) is 16.3. The number of thioether (sulfide) groups is 1. The molecule has 2 atom stereocenters. The zero-order chi connectivity index (χ0) is 26.4. The third kappa shape index (κ3) is 6.13. The fourth-order valence-electron chi connectivity index (χ4n) is 3.67. The van der Waals surface area contributed by atoms with E-state index in [1.165, 1.54) is 7.11 Å². The Bertz CT molecular complexity index is 1270. The summed E-state index contributed by atoms with van der Waals surface area (Å²) in [7, 11) is 1.17. The molecule has 0 aliphatic carbocycles. The molecule has 0 aromatic heterocycles. The number of rotatable bonds is 8. The number of hydrogen-bond donors (Lipinski definition) is 2. The molecule has 1 aliphatic rings. The summed E-state index contributed by atoms with van der Waals surface area (Å²) < 4.78 is 10.3. The molecule has 1 heterocycles. The molecule has 0 radical (unpaired) electrons. The number of hydrogen-bond acceptors (Lipinski definition) is 7. The second kappa shape index (κ2) is 12.2. The van der Waals surface area contributed by atoms with Gasteiger partial charge in [-0.2, -0.15) is 5.26 Å². The van der Waals surface area contributed by atoms with Crippen LogP contribution in [0.5, 0.6) is 5.75 Å². The monoisotopic (exact) mass is 547 g/mol. The van der Waals surface area contributed by atoms with Crippen molar-refractivity contribution in [2.45, 2.75) is 19.8 Å². The lowest BCUT2D eigenvalue weighted by atomic mass is 9.78. The minimum atomic E-state index is -1.31. The average Bonchev–Trinajstić information content (AvgIpc) is 2.85. The Kier molecular flexibility index (Phi) is 9.26. The van der Waals surface area contributed by atoms with E-state index in [1.807, 2.05) is 13.8 Å². The van der Waals surface area contributed by atoms with Gasteiger partial charge >= 0.3 is 5.97 Å². The Balaban J connectivity index is 1.91. The van der Waals surface area contributed by atoms with E-state index in [2.05, 4.69) is 16.7 Å². The van der Waals surface area contributed by atoms with Crippen molar-refractivity contribution in [3.63, 3.8) is 0 Å². The molecule has 2 aromatic carbocycles. The van der Waals surface area contributed by atoms with Gasteiger partial charge in [-0.1, -0.05) is 47.1 Å². The normalized spacial score (nSPS) is 17.2. The van der Waals surface area contributed by atoms with Crippen LogP contribution in [-0.4, -0.2) is 37.3 Å². The number of methoxy groups -OCH3 is 1. The molecule has 1 aliphatic heterocycles. The first kappa shape index (κ1) is 27.4. The van der Waals surface area contributed by atoms with Gasteiger partial charge in [0.1, 0.15) is 11.7 Å². The van der Waals surface area contributed by atoms with Crippen molar-refractivity contribution in [2.24, 2.45) is 5.92 Å². The Hall–Kier alpha value is -3.19. The van der Waals surface area contributed by atoms with Crippen molar-refractivity contribution in [1.82, 2.24) is 5.32 Å². The van der Waals surface area contributed by atoms with Crippen LogP contribution in [0.3, 0.4) is 0 Å². The van der Waals surface area contributed by atoms with Crippen LogP contribution in [0.2, 0.25) is 10.0 Å². The van der Waals surface area contributed by atoms with Gasteiger partial charge in [0.15, 0.2) is 0 Å². The number of aryl methyl sites for hydroxylation is 1. The SMILES string of the molecule is CCOc1ccc([C@@H]2C(C#N)=C(SCC(=O)Nc3ccc(C)c(Cl)c3)NC(=O)[C@H]2C(=O)OC)cc1Cl. The van der Waals surface area contributed by atoms with Crippen LogP contribution in [0.4, 0.5) is 5.69 Å². The summed E-state index contributed by atoms with van der Waals surface area (Å²) in [4.78, 5) is 38.1. The molecular weight excluding hydrogens is 525 g/mol. The molecule has 3 rings (SSSR count). The third-order valence-corrected chi connectivity index (χ3v) is 7.12. The van der Waals surface area contributed by atoms with Crippen LogP contribution in [-0.2, 0) is 19.1 Å². The number of nitrogens with one attached hydrogen (secondary N) is 2. The maximum atomic E-state index is 13.0. The lowest BCUT2D eigenvalue weighted by molar-refractivity contribution is -0.150. The van der Waals surface area contributed by atoms with Crippen LogP contribution < -0.4 is 15.4 Å². The Morgan fingerprint density at radius 3 is 2.56 bits per heavy atom. The van der Waals surface area contributed by atoms with Gasteiger partial charge < -0.3 is 20.1 Å². The van der Waals surface area contributed by atoms with Gasteiger partial charge in [-0.05, 0) is 49.2 Å². The van der Waals surface area contributed by atoms with Crippen molar-refractivity contribution in [2.75, 3.05) is 24.8 Å². The van der Waals surface area contributed by atoms with Crippen LogP contribution in [0.25, 0.3) is 0 Å². The summed E-state index contributed by atoms with van der Waals surface area (Å²) in [5.74, 6) is -3.77. The molecule has 0 saturated carbocycles. The number of halogens is 2. The molecule has 2 N–H and O–H groups in total. The number of carbonyl (C=O) groups is 3. The van der Waals surface area contributed by atoms with Gasteiger partial charge in [0.05, 0.1) is 41.2 Å². The van der Waals surface area contributed by atoms with E-state index in [-0.39, 0.29) is 27.3 Å². The van der Waals surface area contributed by atoms with Crippen molar-refractivity contribution < 1.29 is 23.9 Å². The predicted octanol–water partition coefficient (Wildman–Crippen LogP) is 4.81. The van der Waals surface area contributed by atoms with Crippen molar-refractivity contribution in [3.8, 4) is 11.8 Å². The highest BCUT2D eigenvalue weighted by Crippen LogP contribution is 2.42. The smallest absolute Gasteiger partial charge is 0.319 e. The van der Waals surface area contributed by atoms with Gasteiger partial charge in [0.2, 0.25) is 11.8 Å². The molecule has 0 unspecified atom stereocenters. The number of anilines is 1. The van der Waals surface area contributed by atoms with Gasteiger partial charge in [-0.15, -0.1) is 0 Å². The number of nitrogens with zero attached hydrogens (tertiary/aromatic N) is 1. The van der Waals surface area contributed by atoms with Crippen LogP contribution in [0, 0.1) is 24.2 Å². The lowest BCUT2D eigenvalue weighted by Gasteiger charge is -2.31. The highest BCUT2D eigenvalue weighted by atomic mass is 35.5. The molecule has 2 amide bonds. The maximum Gasteiger partial charge on any atom is 0.319 e. The van der Waals surface area contributed by atoms with Crippen LogP contribution in [0.15, 0.2) is 47.0 Å². The Morgan fingerprint density at radius 1 is 1.19 bits per heavy atom. The summed E-state index contributed by atoms with van der Waals surface area (Å²) in [5.41, 5.74) is 1.97. The number of nitriles is 1.